The van der Waals surface area contributed by atoms with E-state index in [1.54, 1.807) is 12.1 Å². The number of halogens is 2. The summed E-state index contributed by atoms with van der Waals surface area (Å²) in [6.45, 7) is 2.31. The van der Waals surface area contributed by atoms with Crippen LogP contribution >= 0.6 is 34.5 Å². The molecule has 1 heterocycles. The van der Waals surface area contributed by atoms with Gasteiger partial charge in [0.15, 0.2) is 0 Å². The number of aliphatic hydroxyl groups excluding tert-OH is 1. The molecule has 19 heavy (non-hydrogen) atoms. The molecule has 2 aromatic rings. The Labute approximate surface area is 125 Å². The monoisotopic (exact) mass is 317 g/mol. The third-order valence-electron chi connectivity index (χ3n) is 2.72. The highest BCUT2D eigenvalue weighted by atomic mass is 35.5. The van der Waals surface area contributed by atoms with Crippen molar-refractivity contribution in [3.63, 3.8) is 0 Å². The van der Waals surface area contributed by atoms with Crippen LogP contribution in [0.4, 0.5) is 0 Å². The van der Waals surface area contributed by atoms with Crippen LogP contribution in [0, 0.1) is 5.92 Å². The van der Waals surface area contributed by atoms with Gasteiger partial charge in [0.2, 0.25) is 0 Å². The summed E-state index contributed by atoms with van der Waals surface area (Å²) < 4.78 is 0.887. The predicted octanol–water partition coefficient (Wildman–Crippen LogP) is 3.57. The standard InChI is InChI=1S/C13H13Cl2NO2S/c1-7(6-17)5-16-13(18)12-11(15)9-3-2-8(14)4-10(9)19-12/h2-4,7,17H,5-6H2,1H3,(H,16,18). The Bertz CT molecular complexity index is 612. The number of thiophene rings is 1. The maximum absolute atomic E-state index is 12.0. The van der Waals surface area contributed by atoms with Gasteiger partial charge in [-0.15, -0.1) is 11.3 Å². The summed E-state index contributed by atoms with van der Waals surface area (Å²) in [5.74, 6) is -0.200. The molecule has 102 valence electrons. The lowest BCUT2D eigenvalue weighted by molar-refractivity contribution is 0.0946. The quantitative estimate of drug-likeness (QED) is 0.905. The fraction of sp³-hybridized carbons (Fsp3) is 0.308. The summed E-state index contributed by atoms with van der Waals surface area (Å²) in [5.41, 5.74) is 0. The molecular formula is C13H13Cl2NO2S. The normalized spacial score (nSPS) is 12.6. The Morgan fingerprint density at radius 1 is 1.47 bits per heavy atom. The number of hydrogen-bond donors (Lipinski definition) is 2. The molecule has 0 aliphatic heterocycles. The van der Waals surface area contributed by atoms with Crippen LogP contribution in [0.15, 0.2) is 18.2 Å². The van der Waals surface area contributed by atoms with E-state index in [1.807, 2.05) is 13.0 Å². The molecule has 0 saturated carbocycles. The first-order chi connectivity index (χ1) is 9.02. The first kappa shape index (κ1) is 14.6. The zero-order valence-corrected chi connectivity index (χ0v) is 12.6. The van der Waals surface area contributed by atoms with Crippen LogP contribution in [0.1, 0.15) is 16.6 Å². The highest BCUT2D eigenvalue weighted by Crippen LogP contribution is 2.36. The minimum atomic E-state index is -0.220. The summed E-state index contributed by atoms with van der Waals surface area (Å²) >= 11 is 13.4. The molecule has 0 saturated heterocycles. The topological polar surface area (TPSA) is 49.3 Å². The SMILES string of the molecule is CC(CO)CNC(=O)c1sc2cc(Cl)ccc2c1Cl. The van der Waals surface area contributed by atoms with Gasteiger partial charge < -0.3 is 10.4 Å². The summed E-state index contributed by atoms with van der Waals surface area (Å²) in [6.07, 6.45) is 0. The minimum Gasteiger partial charge on any atom is -0.396 e. The number of carbonyl (C=O) groups is 1. The van der Waals surface area contributed by atoms with E-state index in [-0.39, 0.29) is 18.4 Å². The molecule has 0 radical (unpaired) electrons. The predicted molar refractivity (Wildman–Crippen MR) is 80.4 cm³/mol. The largest absolute Gasteiger partial charge is 0.396 e. The van der Waals surface area contributed by atoms with E-state index in [1.165, 1.54) is 11.3 Å². The van der Waals surface area contributed by atoms with Gasteiger partial charge in [-0.2, -0.15) is 0 Å². The number of carbonyl (C=O) groups excluding carboxylic acids is 1. The molecule has 3 nitrogen and oxygen atoms in total. The molecule has 1 amide bonds. The first-order valence-corrected chi connectivity index (χ1v) is 7.36. The maximum atomic E-state index is 12.0. The molecule has 1 atom stereocenters. The average molecular weight is 318 g/mol. The lowest BCUT2D eigenvalue weighted by atomic mass is 10.2. The zero-order chi connectivity index (χ0) is 14.0. The van der Waals surface area contributed by atoms with Crippen LogP contribution in [0.3, 0.4) is 0 Å². The first-order valence-electron chi connectivity index (χ1n) is 5.79. The molecule has 6 heteroatoms. The number of benzene rings is 1. The second-order valence-corrected chi connectivity index (χ2v) is 6.25. The van der Waals surface area contributed by atoms with Crippen molar-refractivity contribution >= 4 is 50.5 Å². The fourth-order valence-corrected chi connectivity index (χ4v) is 3.31. The Morgan fingerprint density at radius 3 is 2.89 bits per heavy atom. The van der Waals surface area contributed by atoms with Gasteiger partial charge in [-0.25, -0.2) is 0 Å². The van der Waals surface area contributed by atoms with Crippen LogP contribution in [0.25, 0.3) is 10.1 Å². The van der Waals surface area contributed by atoms with Crippen molar-refractivity contribution in [3.05, 3.63) is 33.1 Å². The molecular weight excluding hydrogens is 305 g/mol. The zero-order valence-electron chi connectivity index (χ0n) is 10.2. The smallest absolute Gasteiger partial charge is 0.262 e. The van der Waals surface area contributed by atoms with Gasteiger partial charge in [0.25, 0.3) is 5.91 Å². The summed E-state index contributed by atoms with van der Waals surface area (Å²) in [4.78, 5) is 12.5. The number of fused-ring (bicyclic) bond motifs is 1. The number of nitrogens with one attached hydrogen (secondary N) is 1. The molecule has 2 N–H and O–H groups in total. The molecule has 1 unspecified atom stereocenters. The Morgan fingerprint density at radius 2 is 2.21 bits per heavy atom. The molecule has 0 spiro atoms. The number of amides is 1. The summed E-state index contributed by atoms with van der Waals surface area (Å²) in [6, 6.07) is 5.35. The molecule has 1 aromatic carbocycles. The van der Waals surface area contributed by atoms with Crippen LogP contribution in [0.2, 0.25) is 10.0 Å². The van der Waals surface area contributed by atoms with E-state index in [0.29, 0.717) is 21.5 Å². The van der Waals surface area contributed by atoms with Crippen molar-refractivity contribution in [3.8, 4) is 0 Å². The molecule has 0 bridgehead atoms. The third kappa shape index (κ3) is 3.20. The van der Waals surface area contributed by atoms with Crippen molar-refractivity contribution in [2.24, 2.45) is 5.92 Å². The van der Waals surface area contributed by atoms with Crippen LogP contribution in [-0.4, -0.2) is 24.2 Å². The summed E-state index contributed by atoms with van der Waals surface area (Å²) in [5, 5.41) is 13.6. The van der Waals surface area contributed by atoms with Crippen molar-refractivity contribution in [1.82, 2.24) is 5.32 Å². The molecule has 0 aliphatic rings. The van der Waals surface area contributed by atoms with Crippen molar-refractivity contribution < 1.29 is 9.90 Å². The fourth-order valence-electron chi connectivity index (χ4n) is 1.60. The molecule has 0 aliphatic carbocycles. The lowest BCUT2D eigenvalue weighted by Gasteiger charge is -2.08. The van der Waals surface area contributed by atoms with Gasteiger partial charge in [-0.05, 0) is 18.1 Å². The molecule has 0 fully saturated rings. The molecule has 1 aromatic heterocycles. The van der Waals surface area contributed by atoms with Gasteiger partial charge in [0, 0.05) is 28.3 Å². The maximum Gasteiger partial charge on any atom is 0.262 e. The van der Waals surface area contributed by atoms with E-state index >= 15 is 0 Å². The van der Waals surface area contributed by atoms with Gasteiger partial charge in [0.1, 0.15) is 4.88 Å². The third-order valence-corrected chi connectivity index (χ3v) is 4.61. The van der Waals surface area contributed by atoms with E-state index in [2.05, 4.69) is 5.32 Å². The number of rotatable bonds is 4. The Balaban J connectivity index is 2.25. The van der Waals surface area contributed by atoms with Crippen LogP contribution in [0.5, 0.6) is 0 Å². The average Bonchev–Trinajstić information content (AvgIpc) is 2.72. The number of aliphatic hydroxyl groups is 1. The lowest BCUT2D eigenvalue weighted by Crippen LogP contribution is -2.29. The van der Waals surface area contributed by atoms with E-state index in [0.717, 1.165) is 10.1 Å². The van der Waals surface area contributed by atoms with Crippen LogP contribution < -0.4 is 5.32 Å². The summed E-state index contributed by atoms with van der Waals surface area (Å²) in [7, 11) is 0. The van der Waals surface area contributed by atoms with Crippen molar-refractivity contribution in [2.75, 3.05) is 13.2 Å². The minimum absolute atomic E-state index is 0.0200. The van der Waals surface area contributed by atoms with Gasteiger partial charge in [-0.3, -0.25) is 4.79 Å². The highest BCUT2D eigenvalue weighted by Gasteiger charge is 2.17. The Kier molecular flexibility index (Phi) is 4.68. The van der Waals surface area contributed by atoms with E-state index < -0.39 is 0 Å². The van der Waals surface area contributed by atoms with Gasteiger partial charge in [0.05, 0.1) is 5.02 Å². The number of hydrogen-bond acceptors (Lipinski definition) is 3. The van der Waals surface area contributed by atoms with Crippen molar-refractivity contribution in [1.29, 1.82) is 0 Å². The highest BCUT2D eigenvalue weighted by molar-refractivity contribution is 7.21. The van der Waals surface area contributed by atoms with Crippen LogP contribution in [-0.2, 0) is 0 Å². The Hall–Kier alpha value is -0.810. The van der Waals surface area contributed by atoms with Gasteiger partial charge >= 0.3 is 0 Å². The second kappa shape index (κ2) is 6.09. The van der Waals surface area contributed by atoms with Gasteiger partial charge in [-0.1, -0.05) is 36.2 Å². The molecule has 2 rings (SSSR count). The van der Waals surface area contributed by atoms with E-state index in [9.17, 15) is 4.79 Å². The van der Waals surface area contributed by atoms with Crippen molar-refractivity contribution in [2.45, 2.75) is 6.92 Å². The van der Waals surface area contributed by atoms with E-state index in [4.69, 9.17) is 28.3 Å². The second-order valence-electron chi connectivity index (χ2n) is 4.38.